The van der Waals surface area contributed by atoms with Crippen molar-refractivity contribution in [1.29, 1.82) is 0 Å². The third-order valence-corrected chi connectivity index (χ3v) is 29.3. The number of aryl methyl sites for hydroxylation is 1. The zero-order valence-corrected chi connectivity index (χ0v) is 55.5. The van der Waals surface area contributed by atoms with E-state index in [1.165, 1.54) is 80.7 Å². The van der Waals surface area contributed by atoms with E-state index >= 15 is 4.79 Å². The van der Waals surface area contributed by atoms with Crippen LogP contribution in [0.25, 0.3) is 10.8 Å². The summed E-state index contributed by atoms with van der Waals surface area (Å²) in [4.78, 5) is 28.9. The highest BCUT2D eigenvalue weighted by Gasteiger charge is 2.77. The van der Waals surface area contributed by atoms with Gasteiger partial charge in [-0.1, -0.05) is 186 Å². The molecule has 0 radical (unpaired) electrons. The first-order valence-corrected chi connectivity index (χ1v) is 37.2. The molecule has 16 rings (SSSR count). The van der Waals surface area contributed by atoms with Gasteiger partial charge in [0.2, 0.25) is 0 Å². The van der Waals surface area contributed by atoms with E-state index in [4.69, 9.17) is 9.47 Å². The van der Waals surface area contributed by atoms with Gasteiger partial charge in [0.25, 0.3) is 0 Å². The summed E-state index contributed by atoms with van der Waals surface area (Å²) in [5, 5.41) is 46.4. The number of hydrogen-bond acceptors (Lipinski definition) is 7. The Bertz CT molecular complexity index is 3610. The summed E-state index contributed by atoms with van der Waals surface area (Å²) in [6.45, 7) is 7.15. The maximum Gasteiger partial charge on any atom is 0.331 e. The molecule has 7 heteroatoms. The predicted octanol–water partition coefficient (Wildman–Crippen LogP) is 18.0. The molecule has 3 N–H and O–H groups in total. The van der Waals surface area contributed by atoms with Gasteiger partial charge in [0, 0.05) is 23.3 Å². The van der Waals surface area contributed by atoms with Crippen molar-refractivity contribution in [1.82, 2.24) is 0 Å². The van der Waals surface area contributed by atoms with Crippen molar-refractivity contribution in [3.05, 3.63) is 179 Å². The number of benzene rings is 5. The molecule has 92 heavy (non-hydrogen) atoms. The second-order valence-electron chi connectivity index (χ2n) is 33.4. The number of cyclic esters (lactones) is 1. The van der Waals surface area contributed by atoms with Gasteiger partial charge in [-0.05, 0) is 254 Å². The summed E-state index contributed by atoms with van der Waals surface area (Å²) in [5.74, 6) is 0.211. The van der Waals surface area contributed by atoms with E-state index in [1.54, 1.807) is 33.7 Å². The quantitative estimate of drug-likeness (QED) is 0.0795. The molecule has 20 atom stereocenters. The molecule has 9 aliphatic carbocycles. The van der Waals surface area contributed by atoms with Gasteiger partial charge in [-0.3, -0.25) is 4.79 Å². The molecular weight excluding hydrogens is 1130 g/mol. The van der Waals surface area contributed by atoms with E-state index in [1.807, 2.05) is 0 Å². The van der Waals surface area contributed by atoms with Crippen LogP contribution in [0.5, 0.6) is 0 Å². The Morgan fingerprint density at radius 3 is 2.24 bits per heavy atom. The zero-order valence-electron chi connectivity index (χ0n) is 55.5. The number of aliphatic hydroxyl groups excluding tert-OH is 2. The standard InChI is InChI=1S/C85H104O7/c1-54(19-17-24-56-20-7-4-8-21-56)45-62-33-32-60-31-30-58(47-57-22-9-5-10-23-57)48-67(60)79(89)92-71-46-55(2)84(90,44-36-59-49-73(87)91-52-59)85(78(62)88)72(86)38-42-80(3,77(71)85)64-37-43-83-53-81(39-15-16-40-81)70-51-82(63-26-11-6-12-27-63)41-14-13-29-68(82)66-35-34-61-25-18-28-65(69(83)50-64)74(61)75(66)76(70)83/h4-12,18,20-23,25-28,32-35,49,54-55,58,60,62,64,67-72,76-78,86,88,90H,13-17,19,24,29-31,36-48,50-53H2,1-3H3/b33-32+/t54-,55-,58-,60+,62+,64+,67+,68+,69-,70+,71-,72-,76-,77+,78-,80+,82-,83+,84-,85+/m1/s1. The van der Waals surface area contributed by atoms with Crippen molar-refractivity contribution < 1.29 is 34.4 Å². The molecule has 7 fully saturated rings. The molecule has 0 saturated heterocycles. The molecule has 0 amide bonds. The molecular formula is C85H104O7. The van der Waals surface area contributed by atoms with E-state index in [2.05, 4.69) is 154 Å². The molecule has 0 unspecified atom stereocenters. The number of carbonyl (C=O) groups is 2. The van der Waals surface area contributed by atoms with Crippen molar-refractivity contribution >= 4 is 22.7 Å². The Morgan fingerprint density at radius 1 is 0.707 bits per heavy atom. The maximum atomic E-state index is 16.1. The van der Waals surface area contributed by atoms with Crippen molar-refractivity contribution in [2.24, 2.45) is 74.9 Å². The molecule has 7 nitrogen and oxygen atoms in total. The van der Waals surface area contributed by atoms with Crippen LogP contribution < -0.4 is 0 Å². The molecule has 2 aliphatic heterocycles. The summed E-state index contributed by atoms with van der Waals surface area (Å²) in [7, 11) is 0. The van der Waals surface area contributed by atoms with Gasteiger partial charge in [-0.2, -0.15) is 0 Å². The van der Waals surface area contributed by atoms with E-state index in [9.17, 15) is 20.1 Å². The highest BCUT2D eigenvalue weighted by Crippen LogP contribution is 2.81. The van der Waals surface area contributed by atoms with Gasteiger partial charge in [0.05, 0.1) is 29.1 Å². The molecule has 5 aromatic carbocycles. The third-order valence-electron chi connectivity index (χ3n) is 29.3. The third kappa shape index (κ3) is 9.66. The van der Waals surface area contributed by atoms with Crippen molar-refractivity contribution in [3.63, 3.8) is 0 Å². The second kappa shape index (κ2) is 23.8. The Kier molecular flexibility index (Phi) is 15.9. The van der Waals surface area contributed by atoms with Gasteiger partial charge in [0.1, 0.15) is 12.7 Å². The Hall–Kier alpha value is -5.34. The van der Waals surface area contributed by atoms with Gasteiger partial charge < -0.3 is 24.8 Å². The minimum atomic E-state index is -1.61. The van der Waals surface area contributed by atoms with Crippen LogP contribution in [0.2, 0.25) is 0 Å². The first-order chi connectivity index (χ1) is 44.7. The molecule has 2 bridgehead atoms. The summed E-state index contributed by atoms with van der Waals surface area (Å²) in [6, 6.07) is 46.0. The van der Waals surface area contributed by atoms with Crippen molar-refractivity contribution in [3.8, 4) is 0 Å². The van der Waals surface area contributed by atoms with E-state index in [-0.39, 0.29) is 64.9 Å². The van der Waals surface area contributed by atoms with Crippen LogP contribution in [-0.2, 0) is 37.3 Å². The first-order valence-electron chi connectivity index (χ1n) is 37.2. The lowest BCUT2D eigenvalue weighted by Gasteiger charge is -2.71. The molecule has 0 aromatic heterocycles. The largest absolute Gasteiger partial charge is 0.462 e. The fourth-order valence-electron chi connectivity index (χ4n) is 25.5. The van der Waals surface area contributed by atoms with E-state index in [0.717, 1.165) is 69.8 Å². The van der Waals surface area contributed by atoms with Gasteiger partial charge in [-0.25, -0.2) is 4.79 Å². The van der Waals surface area contributed by atoms with E-state index in [0.29, 0.717) is 61.7 Å². The fraction of sp³-hybridized carbons (Fsp3) is 0.600. The molecule has 11 aliphatic rings. The molecule has 2 heterocycles. The van der Waals surface area contributed by atoms with Crippen LogP contribution in [0.1, 0.15) is 226 Å². The van der Waals surface area contributed by atoms with Crippen molar-refractivity contribution in [2.75, 3.05) is 6.61 Å². The van der Waals surface area contributed by atoms with Gasteiger partial charge >= 0.3 is 11.9 Å². The lowest BCUT2D eigenvalue weighted by molar-refractivity contribution is -0.332. The average Bonchev–Trinajstić information content (AvgIpc) is 1.31. The number of hydrogen-bond donors (Lipinski definition) is 3. The van der Waals surface area contributed by atoms with Crippen LogP contribution in [0.4, 0.5) is 0 Å². The number of carbonyl (C=O) groups excluding carboxylic acids is 2. The lowest BCUT2D eigenvalue weighted by Crippen LogP contribution is -2.77. The smallest absolute Gasteiger partial charge is 0.331 e. The number of fused-ring (bicyclic) bond motifs is 5. The van der Waals surface area contributed by atoms with Crippen LogP contribution >= 0.6 is 0 Å². The molecule has 2 spiro atoms. The minimum absolute atomic E-state index is 0.0598. The summed E-state index contributed by atoms with van der Waals surface area (Å²) in [5.41, 5.74) is 6.81. The Morgan fingerprint density at radius 2 is 1.47 bits per heavy atom. The monoisotopic (exact) mass is 1240 g/mol. The predicted molar refractivity (Wildman–Crippen MR) is 365 cm³/mol. The van der Waals surface area contributed by atoms with Crippen molar-refractivity contribution in [2.45, 2.75) is 235 Å². The maximum absolute atomic E-state index is 16.1. The fourth-order valence-corrected chi connectivity index (χ4v) is 25.5. The van der Waals surface area contributed by atoms with Gasteiger partial charge in [-0.15, -0.1) is 0 Å². The Labute approximate surface area is 549 Å². The molecule has 486 valence electrons. The van der Waals surface area contributed by atoms with Crippen LogP contribution in [0.3, 0.4) is 0 Å². The van der Waals surface area contributed by atoms with Gasteiger partial charge in [0.15, 0.2) is 0 Å². The number of esters is 2. The molecule has 5 aromatic rings. The number of aliphatic hydroxyl groups is 3. The van der Waals surface area contributed by atoms with Crippen LogP contribution in [0.15, 0.2) is 145 Å². The number of ether oxygens (including phenoxy) is 2. The number of allylic oxidation sites excluding steroid dienone is 1. The van der Waals surface area contributed by atoms with E-state index < -0.39 is 52.5 Å². The molecule has 7 saturated carbocycles. The summed E-state index contributed by atoms with van der Waals surface area (Å²) >= 11 is 0. The van der Waals surface area contributed by atoms with Crippen LogP contribution in [0, 0.1) is 74.9 Å². The first kappa shape index (κ1) is 61.5. The number of rotatable bonds is 13. The normalized spacial score (nSPS) is 40.6. The summed E-state index contributed by atoms with van der Waals surface area (Å²) < 4.78 is 13.1. The Balaban J connectivity index is 0.839. The minimum Gasteiger partial charge on any atom is -0.462 e. The highest BCUT2D eigenvalue weighted by atomic mass is 16.5. The zero-order chi connectivity index (χ0) is 62.8. The lowest BCUT2D eigenvalue weighted by atomic mass is 9.36. The SMILES string of the molecule is C[C@H](CCCc1ccccc1)C[C@@H]1/C=C/[C@@H]2CC[C@H](Cc3ccccc3)C[C@@H]2C(=O)O[C@@H]2C[C@@H](C)[C@](O)(CCC3=CC(=O)OC3)[C@]3([C@H](O)CC[C@@](C)([C@H]4CC[C@@]56CC7(CCCC7)[C@H]7C[C@@]8(c9ccccc9)CCCC[C@H]8c8ccc9cccc(c9c8[C@@H]75)[C@H]6C4)[C@H]23)[C@@H]1O. The topological polar surface area (TPSA) is 113 Å². The average molecular weight is 1240 g/mol. The second-order valence-corrected chi connectivity index (χ2v) is 33.4. The highest BCUT2D eigenvalue weighted by molar-refractivity contribution is 5.93. The summed E-state index contributed by atoms with van der Waals surface area (Å²) in [6.07, 6.45) is 28.8. The van der Waals surface area contributed by atoms with Crippen LogP contribution in [-0.4, -0.2) is 57.8 Å².